The van der Waals surface area contributed by atoms with E-state index in [1.165, 1.54) is 12.1 Å². The Morgan fingerprint density at radius 3 is 2.10 bits per heavy atom. The minimum atomic E-state index is -3.97. The first kappa shape index (κ1) is 22.8. The molecule has 0 unspecified atom stereocenters. The van der Waals surface area contributed by atoms with Gasteiger partial charge in [0.25, 0.3) is 10.0 Å². The van der Waals surface area contributed by atoms with Crippen LogP contribution in [-0.4, -0.2) is 20.9 Å². The van der Waals surface area contributed by atoms with Gasteiger partial charge < -0.3 is 5.32 Å². The van der Waals surface area contributed by atoms with Crippen LogP contribution in [0.15, 0.2) is 65.6 Å². The molecule has 5 nitrogen and oxygen atoms in total. The van der Waals surface area contributed by atoms with Gasteiger partial charge in [-0.3, -0.25) is 9.10 Å². The summed E-state index contributed by atoms with van der Waals surface area (Å²) in [6, 6.07) is 16.9. The zero-order valence-corrected chi connectivity index (χ0v) is 19.5. The molecule has 0 spiro atoms. The van der Waals surface area contributed by atoms with Crippen LogP contribution in [0.5, 0.6) is 0 Å². The van der Waals surface area contributed by atoms with Crippen LogP contribution < -0.4 is 9.62 Å². The number of carbonyl (C=O) groups excluding carboxylic acids is 1. The van der Waals surface area contributed by atoms with E-state index in [-0.39, 0.29) is 11.4 Å². The summed E-state index contributed by atoms with van der Waals surface area (Å²) in [4.78, 5) is 13.1. The fourth-order valence-corrected chi connectivity index (χ4v) is 5.34. The fourth-order valence-electron chi connectivity index (χ4n) is 3.60. The van der Waals surface area contributed by atoms with E-state index in [1.54, 1.807) is 43.3 Å². The number of rotatable bonds is 6. The van der Waals surface area contributed by atoms with Gasteiger partial charge in [-0.15, -0.1) is 0 Å². The molecule has 0 heterocycles. The SMILES string of the molecule is Cc1cc(C)c(NC(=O)CN(c2ccc(Cl)cc2C)S(=O)(=O)c2ccccc2)c(C)c1. The predicted molar refractivity (Wildman–Crippen MR) is 126 cm³/mol. The molecule has 3 rings (SSSR count). The molecular weight excluding hydrogens is 432 g/mol. The van der Waals surface area contributed by atoms with Gasteiger partial charge in [-0.1, -0.05) is 47.5 Å². The minimum absolute atomic E-state index is 0.111. The molecule has 0 aliphatic carbocycles. The van der Waals surface area contributed by atoms with E-state index in [9.17, 15) is 13.2 Å². The van der Waals surface area contributed by atoms with E-state index in [0.717, 1.165) is 21.0 Å². The molecule has 0 aliphatic heterocycles. The Labute approximate surface area is 188 Å². The number of amides is 1. The van der Waals surface area contributed by atoms with Crippen molar-refractivity contribution in [2.24, 2.45) is 0 Å². The van der Waals surface area contributed by atoms with Gasteiger partial charge in [-0.25, -0.2) is 8.42 Å². The highest BCUT2D eigenvalue weighted by Crippen LogP contribution is 2.29. The monoisotopic (exact) mass is 456 g/mol. The highest BCUT2D eigenvalue weighted by atomic mass is 35.5. The summed E-state index contributed by atoms with van der Waals surface area (Å²) >= 11 is 6.07. The van der Waals surface area contributed by atoms with Gasteiger partial charge in [-0.2, -0.15) is 0 Å². The molecule has 0 saturated heterocycles. The molecule has 31 heavy (non-hydrogen) atoms. The van der Waals surface area contributed by atoms with Crippen molar-refractivity contribution >= 4 is 38.9 Å². The zero-order valence-electron chi connectivity index (χ0n) is 17.9. The molecule has 0 aliphatic rings. The van der Waals surface area contributed by atoms with Crippen LogP contribution in [0.3, 0.4) is 0 Å². The van der Waals surface area contributed by atoms with Crippen LogP contribution in [0.1, 0.15) is 22.3 Å². The lowest BCUT2D eigenvalue weighted by Gasteiger charge is -2.26. The number of hydrogen-bond donors (Lipinski definition) is 1. The zero-order chi connectivity index (χ0) is 22.8. The van der Waals surface area contributed by atoms with Crippen LogP contribution in [0.2, 0.25) is 5.02 Å². The summed E-state index contributed by atoms with van der Waals surface area (Å²) in [6.45, 7) is 7.21. The van der Waals surface area contributed by atoms with E-state index in [0.29, 0.717) is 22.0 Å². The first-order valence-corrected chi connectivity index (χ1v) is 11.6. The quantitative estimate of drug-likeness (QED) is 0.539. The molecule has 3 aromatic rings. The van der Waals surface area contributed by atoms with Gasteiger partial charge in [0, 0.05) is 10.7 Å². The van der Waals surface area contributed by atoms with Crippen LogP contribution in [-0.2, 0) is 14.8 Å². The Kier molecular flexibility index (Phi) is 6.72. The van der Waals surface area contributed by atoms with E-state index < -0.39 is 15.9 Å². The molecule has 0 bridgehead atoms. The molecule has 0 saturated carbocycles. The average molecular weight is 457 g/mol. The maximum Gasteiger partial charge on any atom is 0.264 e. The highest BCUT2D eigenvalue weighted by Gasteiger charge is 2.28. The second-order valence-electron chi connectivity index (χ2n) is 7.58. The normalized spacial score (nSPS) is 11.3. The van der Waals surface area contributed by atoms with Gasteiger partial charge >= 0.3 is 0 Å². The maximum atomic E-state index is 13.4. The van der Waals surface area contributed by atoms with Crippen molar-refractivity contribution in [3.63, 3.8) is 0 Å². The third-order valence-electron chi connectivity index (χ3n) is 4.99. The number of sulfonamides is 1. The van der Waals surface area contributed by atoms with E-state index >= 15 is 0 Å². The number of benzene rings is 3. The van der Waals surface area contributed by atoms with Gasteiger partial charge in [0.1, 0.15) is 6.54 Å². The highest BCUT2D eigenvalue weighted by molar-refractivity contribution is 7.92. The third-order valence-corrected chi connectivity index (χ3v) is 7.00. The lowest BCUT2D eigenvalue weighted by Crippen LogP contribution is -2.38. The van der Waals surface area contributed by atoms with Gasteiger partial charge in [0.15, 0.2) is 0 Å². The second kappa shape index (κ2) is 9.12. The molecule has 3 aromatic carbocycles. The Hall–Kier alpha value is -2.83. The maximum absolute atomic E-state index is 13.4. The number of hydrogen-bond acceptors (Lipinski definition) is 3. The largest absolute Gasteiger partial charge is 0.324 e. The van der Waals surface area contributed by atoms with Crippen molar-refractivity contribution in [3.8, 4) is 0 Å². The lowest BCUT2D eigenvalue weighted by molar-refractivity contribution is -0.114. The molecule has 0 fully saturated rings. The van der Waals surface area contributed by atoms with E-state index in [2.05, 4.69) is 5.32 Å². The van der Waals surface area contributed by atoms with Crippen molar-refractivity contribution in [2.75, 3.05) is 16.2 Å². The Balaban J connectivity index is 2.00. The molecule has 7 heteroatoms. The van der Waals surface area contributed by atoms with Crippen molar-refractivity contribution < 1.29 is 13.2 Å². The summed E-state index contributed by atoms with van der Waals surface area (Å²) < 4.78 is 28.0. The number of nitrogens with zero attached hydrogens (tertiary/aromatic N) is 1. The van der Waals surface area contributed by atoms with Crippen LogP contribution in [0.25, 0.3) is 0 Å². The Morgan fingerprint density at radius 2 is 1.52 bits per heavy atom. The van der Waals surface area contributed by atoms with Crippen molar-refractivity contribution in [2.45, 2.75) is 32.6 Å². The summed E-state index contributed by atoms with van der Waals surface area (Å²) in [6.07, 6.45) is 0. The molecule has 0 atom stereocenters. The Bertz CT molecular complexity index is 1200. The molecule has 162 valence electrons. The number of anilines is 2. The average Bonchev–Trinajstić information content (AvgIpc) is 2.70. The summed E-state index contributed by atoms with van der Waals surface area (Å²) in [7, 11) is -3.97. The summed E-state index contributed by atoms with van der Waals surface area (Å²) in [5.41, 5.74) is 4.69. The van der Waals surface area contributed by atoms with Crippen molar-refractivity contribution in [3.05, 3.63) is 87.9 Å². The Morgan fingerprint density at radius 1 is 0.903 bits per heavy atom. The van der Waals surface area contributed by atoms with Crippen LogP contribution in [0.4, 0.5) is 11.4 Å². The smallest absolute Gasteiger partial charge is 0.264 e. The summed E-state index contributed by atoms with van der Waals surface area (Å²) in [5, 5.41) is 3.38. The van der Waals surface area contributed by atoms with Gasteiger partial charge in [-0.05, 0) is 74.7 Å². The second-order valence-corrected chi connectivity index (χ2v) is 9.88. The van der Waals surface area contributed by atoms with Crippen LogP contribution in [0, 0.1) is 27.7 Å². The standard InChI is InChI=1S/C24H25ClN2O3S/c1-16-12-18(3)24(19(4)13-16)26-23(28)15-27(22-11-10-20(25)14-17(22)2)31(29,30)21-8-6-5-7-9-21/h5-14H,15H2,1-4H3,(H,26,28). The number of carbonyl (C=O) groups is 1. The first-order valence-electron chi connectivity index (χ1n) is 9.81. The number of nitrogens with one attached hydrogen (secondary N) is 1. The first-order chi connectivity index (χ1) is 14.6. The molecule has 1 N–H and O–H groups in total. The molecule has 0 aromatic heterocycles. The minimum Gasteiger partial charge on any atom is -0.324 e. The fraction of sp³-hybridized carbons (Fsp3) is 0.208. The topological polar surface area (TPSA) is 66.5 Å². The predicted octanol–water partition coefficient (Wildman–Crippen LogP) is 5.41. The molecule has 1 amide bonds. The third kappa shape index (κ3) is 5.09. The van der Waals surface area contributed by atoms with Gasteiger partial charge in [0.05, 0.1) is 10.6 Å². The van der Waals surface area contributed by atoms with E-state index in [1.807, 2.05) is 32.9 Å². The van der Waals surface area contributed by atoms with Crippen molar-refractivity contribution in [1.29, 1.82) is 0 Å². The molecule has 0 radical (unpaired) electrons. The van der Waals surface area contributed by atoms with Gasteiger partial charge in [0.2, 0.25) is 5.91 Å². The summed E-state index contributed by atoms with van der Waals surface area (Å²) in [5.74, 6) is -0.427. The number of aryl methyl sites for hydroxylation is 4. The van der Waals surface area contributed by atoms with Crippen molar-refractivity contribution in [1.82, 2.24) is 0 Å². The van der Waals surface area contributed by atoms with E-state index in [4.69, 9.17) is 11.6 Å². The molecular formula is C24H25ClN2O3S. The van der Waals surface area contributed by atoms with Crippen LogP contribution >= 0.6 is 11.6 Å². The number of halogens is 1. The lowest BCUT2D eigenvalue weighted by atomic mass is 10.1.